The second-order valence-electron chi connectivity index (χ2n) is 3.98. The number of nitrogens with one attached hydrogen (secondary N) is 3. The lowest BCUT2D eigenvalue weighted by atomic mass is 10.2. The molecule has 8 nitrogen and oxygen atoms in total. The van der Waals surface area contributed by atoms with Crippen molar-refractivity contribution in [3.8, 4) is 0 Å². The zero-order valence-electron chi connectivity index (χ0n) is 10.1. The lowest BCUT2D eigenvalue weighted by molar-refractivity contribution is -0.384. The van der Waals surface area contributed by atoms with E-state index >= 15 is 0 Å². The number of nitro benzene ring substituents is 1. The van der Waals surface area contributed by atoms with Crippen LogP contribution in [0.4, 0.5) is 11.4 Å². The molecule has 1 saturated heterocycles. The molecule has 3 N–H and O–H groups in total. The molecule has 0 aromatic heterocycles. The van der Waals surface area contributed by atoms with Gasteiger partial charge in [-0.05, 0) is 12.1 Å². The van der Waals surface area contributed by atoms with Gasteiger partial charge in [0.25, 0.3) is 5.69 Å². The summed E-state index contributed by atoms with van der Waals surface area (Å²) in [5, 5.41) is 22.0. The van der Waals surface area contributed by atoms with Crippen LogP contribution in [0.5, 0.6) is 0 Å². The molecular formula is C11H10N4O4S. The third-order valence-electron chi connectivity index (χ3n) is 2.52. The fraction of sp³-hybridized carbons (Fsp3) is 0.182. The minimum atomic E-state index is -0.675. The lowest BCUT2D eigenvalue weighted by Gasteiger charge is -2.21. The number of hydrogen-bond acceptors (Lipinski definition) is 6. The summed E-state index contributed by atoms with van der Waals surface area (Å²) in [6.07, 6.45) is -0.00807. The fourth-order valence-electron chi connectivity index (χ4n) is 1.59. The van der Waals surface area contributed by atoms with Crippen molar-refractivity contribution in [2.24, 2.45) is 0 Å². The summed E-state index contributed by atoms with van der Waals surface area (Å²) in [5.74, 6) is -0.791. The minimum Gasteiger partial charge on any atom is -0.325 e. The second-order valence-corrected chi connectivity index (χ2v) is 5.19. The highest BCUT2D eigenvalue weighted by molar-refractivity contribution is 8.15. The molecule has 1 heterocycles. The summed E-state index contributed by atoms with van der Waals surface area (Å²) >= 11 is 0.957. The number of rotatable bonds is 3. The number of anilines is 1. The molecule has 0 saturated carbocycles. The second kappa shape index (κ2) is 5.70. The number of amides is 2. The first-order valence-electron chi connectivity index (χ1n) is 5.56. The zero-order chi connectivity index (χ0) is 14.7. The van der Waals surface area contributed by atoms with Gasteiger partial charge in [0.1, 0.15) is 5.25 Å². The molecule has 0 aliphatic carbocycles. The maximum absolute atomic E-state index is 11.9. The van der Waals surface area contributed by atoms with Crippen LogP contribution < -0.4 is 10.6 Å². The number of non-ortho nitro benzene ring substituents is 1. The maximum Gasteiger partial charge on any atom is 0.269 e. The van der Waals surface area contributed by atoms with E-state index < -0.39 is 16.1 Å². The average Bonchev–Trinajstić information content (AvgIpc) is 2.38. The Balaban J connectivity index is 2.02. The van der Waals surface area contributed by atoms with Crippen LogP contribution >= 0.6 is 11.8 Å². The Morgan fingerprint density at radius 1 is 1.45 bits per heavy atom. The van der Waals surface area contributed by atoms with Gasteiger partial charge in [-0.25, -0.2) is 0 Å². The average molecular weight is 294 g/mol. The molecular weight excluding hydrogens is 284 g/mol. The number of hydrogen-bond donors (Lipinski definition) is 3. The number of carbonyl (C=O) groups is 2. The number of nitrogens with zero attached hydrogens (tertiary/aromatic N) is 1. The maximum atomic E-state index is 11.9. The van der Waals surface area contributed by atoms with Gasteiger partial charge >= 0.3 is 0 Å². The Labute approximate surface area is 117 Å². The van der Waals surface area contributed by atoms with Gasteiger partial charge in [-0.15, -0.1) is 0 Å². The molecule has 1 aliphatic rings. The van der Waals surface area contributed by atoms with E-state index in [1.54, 1.807) is 0 Å². The molecule has 1 atom stereocenters. The largest absolute Gasteiger partial charge is 0.325 e. The van der Waals surface area contributed by atoms with E-state index in [9.17, 15) is 19.7 Å². The standard InChI is InChI=1S/C11H10N4O4S/c12-11-14-9(16)5-8(20-11)10(17)13-6-1-3-7(4-2-6)15(18)19/h1-4,8H,5H2,(H,13,17)(H2,12,14,16). The molecule has 0 radical (unpaired) electrons. The molecule has 1 aliphatic heterocycles. The molecule has 0 spiro atoms. The normalized spacial score (nSPS) is 18.3. The fourth-order valence-corrected chi connectivity index (χ4v) is 2.45. The highest BCUT2D eigenvalue weighted by Gasteiger charge is 2.29. The summed E-state index contributed by atoms with van der Waals surface area (Å²) in [6, 6.07) is 5.38. The number of amidine groups is 1. The van der Waals surface area contributed by atoms with Gasteiger partial charge in [0.15, 0.2) is 5.17 Å². The Bertz CT molecular complexity index is 571. The number of benzene rings is 1. The Hall–Kier alpha value is -2.42. The molecule has 0 bridgehead atoms. The first-order chi connectivity index (χ1) is 9.45. The van der Waals surface area contributed by atoms with Crippen LogP contribution in [0, 0.1) is 15.5 Å². The van der Waals surface area contributed by atoms with E-state index in [0.29, 0.717) is 5.69 Å². The predicted octanol–water partition coefficient (Wildman–Crippen LogP) is 1.09. The van der Waals surface area contributed by atoms with Gasteiger partial charge in [0, 0.05) is 24.2 Å². The van der Waals surface area contributed by atoms with Crippen molar-refractivity contribution in [2.75, 3.05) is 5.32 Å². The van der Waals surface area contributed by atoms with E-state index in [2.05, 4.69) is 10.6 Å². The van der Waals surface area contributed by atoms with Crippen molar-refractivity contribution in [3.63, 3.8) is 0 Å². The molecule has 1 unspecified atom stereocenters. The lowest BCUT2D eigenvalue weighted by Crippen LogP contribution is -2.41. The van der Waals surface area contributed by atoms with Gasteiger partial charge in [-0.1, -0.05) is 11.8 Å². The number of carbonyl (C=O) groups excluding carboxylic acids is 2. The van der Waals surface area contributed by atoms with Gasteiger partial charge < -0.3 is 10.6 Å². The molecule has 1 aromatic rings. The van der Waals surface area contributed by atoms with Crippen LogP contribution in [-0.2, 0) is 9.59 Å². The molecule has 2 amide bonds. The number of nitro groups is 1. The van der Waals surface area contributed by atoms with Crippen molar-refractivity contribution < 1.29 is 14.5 Å². The van der Waals surface area contributed by atoms with Crippen molar-refractivity contribution in [2.45, 2.75) is 11.7 Å². The van der Waals surface area contributed by atoms with Crippen molar-refractivity contribution in [1.82, 2.24) is 5.32 Å². The molecule has 104 valence electrons. The van der Waals surface area contributed by atoms with E-state index in [1.165, 1.54) is 24.3 Å². The van der Waals surface area contributed by atoms with Crippen LogP contribution in [0.3, 0.4) is 0 Å². The van der Waals surface area contributed by atoms with Gasteiger partial charge in [0.2, 0.25) is 11.8 Å². The first kappa shape index (κ1) is 14.0. The molecule has 1 fully saturated rings. The third-order valence-corrected chi connectivity index (χ3v) is 3.52. The molecule has 2 rings (SSSR count). The van der Waals surface area contributed by atoms with Gasteiger partial charge in [-0.2, -0.15) is 0 Å². The smallest absolute Gasteiger partial charge is 0.269 e. The molecule has 1 aromatic carbocycles. The van der Waals surface area contributed by atoms with E-state index in [4.69, 9.17) is 5.41 Å². The zero-order valence-corrected chi connectivity index (χ0v) is 10.9. The molecule has 20 heavy (non-hydrogen) atoms. The minimum absolute atomic E-state index is 0.00807. The first-order valence-corrected chi connectivity index (χ1v) is 6.44. The van der Waals surface area contributed by atoms with E-state index in [-0.39, 0.29) is 23.2 Å². The quantitative estimate of drug-likeness (QED) is 0.568. The van der Waals surface area contributed by atoms with Gasteiger partial charge in [0.05, 0.1) is 4.92 Å². The van der Waals surface area contributed by atoms with E-state index in [0.717, 1.165) is 11.8 Å². The van der Waals surface area contributed by atoms with E-state index in [1.807, 2.05) is 0 Å². The number of thioether (sulfide) groups is 1. The van der Waals surface area contributed by atoms with Crippen molar-refractivity contribution in [1.29, 1.82) is 5.41 Å². The Morgan fingerprint density at radius 3 is 2.65 bits per heavy atom. The summed E-state index contributed by atoms with van der Waals surface area (Å²) in [4.78, 5) is 33.1. The van der Waals surface area contributed by atoms with Crippen molar-refractivity contribution >= 4 is 40.1 Å². The highest BCUT2D eigenvalue weighted by atomic mass is 32.2. The monoisotopic (exact) mass is 294 g/mol. The summed E-state index contributed by atoms with van der Waals surface area (Å²) in [6.45, 7) is 0. The summed E-state index contributed by atoms with van der Waals surface area (Å²) < 4.78 is 0. The SMILES string of the molecule is N=C1NC(=O)CC(C(=O)Nc2ccc([N+](=O)[O-])cc2)S1. The predicted molar refractivity (Wildman–Crippen MR) is 73.6 cm³/mol. The summed E-state index contributed by atoms with van der Waals surface area (Å²) in [5.41, 5.74) is 0.329. The van der Waals surface area contributed by atoms with Gasteiger partial charge in [-0.3, -0.25) is 25.1 Å². The third kappa shape index (κ3) is 3.32. The molecule has 9 heteroatoms. The van der Waals surface area contributed by atoms with Crippen LogP contribution in [0.15, 0.2) is 24.3 Å². The Kier molecular flexibility index (Phi) is 3.99. The van der Waals surface area contributed by atoms with Crippen molar-refractivity contribution in [3.05, 3.63) is 34.4 Å². The van der Waals surface area contributed by atoms with Crippen LogP contribution in [0.25, 0.3) is 0 Å². The van der Waals surface area contributed by atoms with Crippen LogP contribution in [-0.4, -0.2) is 27.2 Å². The topological polar surface area (TPSA) is 125 Å². The Morgan fingerprint density at radius 2 is 2.10 bits per heavy atom. The van der Waals surface area contributed by atoms with Crippen LogP contribution in [0.1, 0.15) is 6.42 Å². The van der Waals surface area contributed by atoms with Crippen LogP contribution in [0.2, 0.25) is 0 Å². The highest BCUT2D eigenvalue weighted by Crippen LogP contribution is 2.22. The summed E-state index contributed by atoms with van der Waals surface area (Å²) in [7, 11) is 0.